The Bertz CT molecular complexity index is 1840. The molecule has 2 aromatic carbocycles. The van der Waals surface area contributed by atoms with Crippen LogP contribution in [0.4, 0.5) is 10.5 Å². The van der Waals surface area contributed by atoms with Gasteiger partial charge >= 0.3 is 24.0 Å². The third kappa shape index (κ3) is 14.5. The Morgan fingerprint density at radius 3 is 2.29 bits per heavy atom. The monoisotopic (exact) mass is 805 g/mol. The Labute approximate surface area is 339 Å². The molecule has 1 aliphatic rings. The first-order valence-corrected chi connectivity index (χ1v) is 19.1. The summed E-state index contributed by atoms with van der Waals surface area (Å²) in [5.74, 6) is -2.90. The number of aryl methyl sites for hydroxylation is 1. The van der Waals surface area contributed by atoms with Crippen LogP contribution >= 0.6 is 0 Å². The van der Waals surface area contributed by atoms with Crippen LogP contribution in [0.3, 0.4) is 0 Å². The number of likely N-dealkylation sites (tertiary alicyclic amines) is 1. The van der Waals surface area contributed by atoms with Gasteiger partial charge in [-0.25, -0.2) is 4.79 Å². The lowest BCUT2D eigenvalue weighted by Gasteiger charge is -2.25. The van der Waals surface area contributed by atoms with Gasteiger partial charge in [0, 0.05) is 32.4 Å². The molecule has 1 fully saturated rings. The van der Waals surface area contributed by atoms with Crippen molar-refractivity contribution in [2.24, 2.45) is 11.8 Å². The Morgan fingerprint density at radius 2 is 1.66 bits per heavy atom. The van der Waals surface area contributed by atoms with Crippen LogP contribution in [0, 0.1) is 18.8 Å². The highest BCUT2D eigenvalue weighted by Gasteiger charge is 2.34. The van der Waals surface area contributed by atoms with Crippen molar-refractivity contribution in [3.05, 3.63) is 83.5 Å². The molecule has 3 amide bonds. The average Bonchev–Trinajstić information content (AvgIpc) is 3.56. The first kappa shape index (κ1) is 46.4. The van der Waals surface area contributed by atoms with Gasteiger partial charge < -0.3 is 33.9 Å². The van der Waals surface area contributed by atoms with Crippen molar-refractivity contribution in [1.29, 1.82) is 0 Å². The van der Waals surface area contributed by atoms with Crippen molar-refractivity contribution in [3.8, 4) is 5.75 Å². The van der Waals surface area contributed by atoms with Gasteiger partial charge in [0.25, 0.3) is 5.91 Å². The molecule has 3 rings (SSSR count). The molecule has 0 spiro atoms. The molecule has 58 heavy (non-hydrogen) atoms. The molecule has 0 saturated carbocycles. The molecule has 1 heterocycles. The zero-order valence-electron chi connectivity index (χ0n) is 34.2. The van der Waals surface area contributed by atoms with E-state index >= 15 is 0 Å². The maximum Gasteiger partial charge on any atom is 0.411 e. The predicted octanol–water partition coefficient (Wildman–Crippen LogP) is 5.42. The van der Waals surface area contributed by atoms with Crippen LogP contribution in [-0.2, 0) is 55.9 Å². The molecule has 0 unspecified atom stereocenters. The highest BCUT2D eigenvalue weighted by atomic mass is 16.6. The van der Waals surface area contributed by atoms with Crippen LogP contribution in [0.5, 0.6) is 5.75 Å². The minimum absolute atomic E-state index is 0.0111. The topological polar surface area (TPSA) is 193 Å². The second-order valence-corrected chi connectivity index (χ2v) is 14.5. The summed E-state index contributed by atoms with van der Waals surface area (Å²) < 4.78 is 26.3. The zero-order chi connectivity index (χ0) is 42.9. The number of methoxy groups -OCH3 is 1. The van der Waals surface area contributed by atoms with Gasteiger partial charge in [-0.15, -0.1) is 0 Å². The van der Waals surface area contributed by atoms with E-state index in [1.165, 1.54) is 26.2 Å². The summed E-state index contributed by atoms with van der Waals surface area (Å²) in [6, 6.07) is 8.69. The van der Waals surface area contributed by atoms with Gasteiger partial charge in [0.1, 0.15) is 25.6 Å². The summed E-state index contributed by atoms with van der Waals surface area (Å²) in [7, 11) is 1.30. The molecule has 15 nitrogen and oxygen atoms in total. The predicted molar refractivity (Wildman–Crippen MR) is 214 cm³/mol. The van der Waals surface area contributed by atoms with E-state index in [9.17, 15) is 33.6 Å². The number of hydrogen-bond acceptors (Lipinski definition) is 12. The second-order valence-electron chi connectivity index (χ2n) is 14.5. The Balaban J connectivity index is 1.67. The molecule has 3 atom stereocenters. The van der Waals surface area contributed by atoms with E-state index < -0.39 is 47.8 Å². The normalized spacial score (nSPS) is 14.5. The van der Waals surface area contributed by atoms with E-state index in [0.717, 1.165) is 5.57 Å². The quantitative estimate of drug-likeness (QED) is 0.0706. The molecule has 0 bridgehead atoms. The molecule has 1 saturated heterocycles. The highest BCUT2D eigenvalue weighted by Crippen LogP contribution is 2.32. The van der Waals surface area contributed by atoms with Crippen molar-refractivity contribution in [2.45, 2.75) is 85.4 Å². The van der Waals surface area contributed by atoms with Crippen LogP contribution in [0.15, 0.2) is 61.2 Å². The van der Waals surface area contributed by atoms with E-state index in [-0.39, 0.29) is 81.2 Å². The summed E-state index contributed by atoms with van der Waals surface area (Å²) in [4.78, 5) is 89.9. The van der Waals surface area contributed by atoms with E-state index in [0.29, 0.717) is 35.3 Å². The molecule has 1 aliphatic heterocycles. The number of anilines is 1. The van der Waals surface area contributed by atoms with Gasteiger partial charge in [0.15, 0.2) is 5.78 Å². The van der Waals surface area contributed by atoms with Gasteiger partial charge in [0.2, 0.25) is 5.91 Å². The van der Waals surface area contributed by atoms with Crippen LogP contribution < -0.4 is 15.4 Å². The number of ether oxygens (including phenoxy) is 5. The first-order chi connectivity index (χ1) is 27.5. The van der Waals surface area contributed by atoms with Gasteiger partial charge in [-0.3, -0.25) is 34.1 Å². The van der Waals surface area contributed by atoms with Gasteiger partial charge in [-0.2, -0.15) is 0 Å². The van der Waals surface area contributed by atoms with Crippen molar-refractivity contribution in [1.82, 2.24) is 10.2 Å². The van der Waals surface area contributed by atoms with E-state index in [1.807, 2.05) is 13.8 Å². The summed E-state index contributed by atoms with van der Waals surface area (Å²) in [5.41, 5.74) is 2.96. The van der Waals surface area contributed by atoms with Gasteiger partial charge in [-0.1, -0.05) is 62.9 Å². The van der Waals surface area contributed by atoms with E-state index in [4.69, 9.17) is 18.9 Å². The fourth-order valence-electron chi connectivity index (χ4n) is 6.08. The van der Waals surface area contributed by atoms with Gasteiger partial charge in [0.05, 0.1) is 49.4 Å². The Hall–Kier alpha value is -5.99. The van der Waals surface area contributed by atoms with Crippen LogP contribution in [0.25, 0.3) is 0 Å². The number of amides is 3. The number of hydrogen-bond donors (Lipinski definition) is 2. The third-order valence-corrected chi connectivity index (χ3v) is 9.39. The van der Waals surface area contributed by atoms with Crippen molar-refractivity contribution >= 4 is 47.3 Å². The number of benzene rings is 2. The largest absolute Gasteiger partial charge is 0.493 e. The van der Waals surface area contributed by atoms with Crippen LogP contribution in [0.1, 0.15) is 80.4 Å². The number of rotatable bonds is 21. The lowest BCUT2D eigenvalue weighted by atomic mass is 9.91. The second kappa shape index (κ2) is 22.7. The minimum Gasteiger partial charge on any atom is -0.493 e. The number of carbonyl (C=O) groups is 7. The number of esters is 3. The van der Waals surface area contributed by atoms with Crippen molar-refractivity contribution < 1.29 is 57.2 Å². The summed E-state index contributed by atoms with van der Waals surface area (Å²) in [6.07, 6.45) is 1.48. The standard InChI is InChI=1S/C43H55N3O12/c1-9-16-56-40(50)21-34(26(2)3)41(51)44-29(6)37(48)20-31-12-14-32(15-13-31)24-58-43(53)45-36-22-38(55-17-10-11-39(49)54-8)28(5)19-35(36)42(52)46-23-27(4)18-33(46)25-57-30(7)47/h9,12-15,19,22,26,29,33-34H,1,4,10-11,16-18,20-21,23-25H2,2-3,5-8H3,(H,44,51)(H,45,53)/t29-,33-,34-/m0/s1. The maximum atomic E-state index is 14.0. The lowest BCUT2D eigenvalue weighted by Crippen LogP contribution is -2.44. The molecule has 314 valence electrons. The molecule has 2 N–H and O–H groups in total. The van der Waals surface area contributed by atoms with E-state index in [1.54, 1.807) is 49.1 Å². The SMILES string of the molecule is C=CCOC(=O)C[C@H](C(=O)N[C@@H](C)C(=O)Cc1ccc(COC(=O)Nc2cc(OCCCC(=O)OC)c(C)cc2C(=O)N2CC(=C)C[C@H]2COC(C)=O)cc1)C(C)C. The van der Waals surface area contributed by atoms with Crippen molar-refractivity contribution in [2.75, 3.05) is 38.8 Å². The Morgan fingerprint density at radius 1 is 0.966 bits per heavy atom. The Kier molecular flexibility index (Phi) is 18.1. The smallest absolute Gasteiger partial charge is 0.411 e. The zero-order valence-corrected chi connectivity index (χ0v) is 34.2. The lowest BCUT2D eigenvalue weighted by molar-refractivity contribution is -0.146. The summed E-state index contributed by atoms with van der Waals surface area (Å²) in [6.45, 7) is 16.1. The first-order valence-electron chi connectivity index (χ1n) is 19.1. The van der Waals surface area contributed by atoms with Crippen LogP contribution in [0.2, 0.25) is 0 Å². The number of nitrogens with zero attached hydrogens (tertiary/aromatic N) is 1. The van der Waals surface area contributed by atoms with E-state index in [2.05, 4.69) is 28.5 Å². The van der Waals surface area contributed by atoms with Crippen LogP contribution in [-0.4, -0.2) is 92.1 Å². The molecule has 0 aliphatic carbocycles. The average molecular weight is 806 g/mol. The molecule has 0 aromatic heterocycles. The fourth-order valence-corrected chi connectivity index (χ4v) is 6.08. The maximum absolute atomic E-state index is 14.0. The fraction of sp³-hybridized carbons (Fsp3) is 0.465. The number of Topliss-reactive ketones (excluding diaryl/α,β-unsaturated/α-hetero) is 1. The highest BCUT2D eigenvalue weighted by molar-refractivity contribution is 6.03. The third-order valence-electron chi connectivity index (χ3n) is 9.39. The summed E-state index contributed by atoms with van der Waals surface area (Å²) >= 11 is 0. The summed E-state index contributed by atoms with van der Waals surface area (Å²) in [5, 5.41) is 5.39. The van der Waals surface area contributed by atoms with Crippen molar-refractivity contribution in [3.63, 3.8) is 0 Å². The number of ketones is 1. The molecule has 15 heteroatoms. The van der Waals surface area contributed by atoms with Gasteiger partial charge in [-0.05, 0) is 55.4 Å². The molecule has 0 radical (unpaired) electrons. The molecule has 2 aromatic rings. The molecular formula is C43H55N3O12. The molecular weight excluding hydrogens is 750 g/mol. The minimum atomic E-state index is -0.852. The number of carbonyl (C=O) groups excluding carboxylic acids is 7. The number of nitrogens with one attached hydrogen (secondary N) is 2.